The van der Waals surface area contributed by atoms with Crippen molar-refractivity contribution in [3.8, 4) is 0 Å². The van der Waals surface area contributed by atoms with E-state index in [0.29, 0.717) is 0 Å². The first-order valence-corrected chi connectivity index (χ1v) is 3.97. The third-order valence-corrected chi connectivity index (χ3v) is 1.93. The highest BCUT2D eigenvalue weighted by molar-refractivity contribution is 4.72. The Kier molecular flexibility index (Phi) is 2.52. The molecule has 0 aliphatic heterocycles. The molecule has 0 amide bonds. The molecular weight excluding hydrogens is 112 g/mol. The summed E-state index contributed by atoms with van der Waals surface area (Å²) in [6, 6.07) is 0. The lowest BCUT2D eigenvalue weighted by molar-refractivity contribution is 0.180. The highest BCUT2D eigenvalue weighted by Gasteiger charge is 2.20. The average molecular weight is 128 g/mol. The molecule has 0 aromatic heterocycles. The van der Waals surface area contributed by atoms with Crippen molar-refractivity contribution in [3.05, 3.63) is 0 Å². The van der Waals surface area contributed by atoms with Crippen molar-refractivity contribution in [2.24, 2.45) is 5.92 Å². The summed E-state index contributed by atoms with van der Waals surface area (Å²) < 4.78 is 0. The van der Waals surface area contributed by atoms with Gasteiger partial charge in [-0.25, -0.2) is 0 Å². The molecule has 0 saturated heterocycles. The van der Waals surface area contributed by atoms with Crippen LogP contribution in [0.15, 0.2) is 0 Å². The molecule has 0 heterocycles. The van der Waals surface area contributed by atoms with Crippen molar-refractivity contribution in [2.45, 2.75) is 45.1 Å². The van der Waals surface area contributed by atoms with E-state index in [0.717, 1.165) is 12.3 Å². The zero-order valence-corrected chi connectivity index (χ0v) is 6.14. The van der Waals surface area contributed by atoms with Crippen LogP contribution in [-0.2, 0) is 0 Å². The van der Waals surface area contributed by atoms with Crippen LogP contribution in [0.2, 0.25) is 0 Å². The first-order chi connectivity index (χ1) is 4.29. The molecule has 1 atom stereocenters. The highest BCUT2D eigenvalue weighted by atomic mass is 16.3. The summed E-state index contributed by atoms with van der Waals surface area (Å²) >= 11 is 0. The molecule has 1 aliphatic carbocycles. The Balaban J connectivity index is 1.81. The minimum atomic E-state index is -0.0799. The Hall–Kier alpha value is -0.0400. The van der Waals surface area contributed by atoms with Gasteiger partial charge in [-0.05, 0) is 19.3 Å². The third-order valence-electron chi connectivity index (χ3n) is 1.93. The molecule has 1 nitrogen and oxygen atoms in total. The van der Waals surface area contributed by atoms with Gasteiger partial charge in [-0.2, -0.15) is 0 Å². The second-order valence-corrected chi connectivity index (χ2v) is 3.22. The summed E-state index contributed by atoms with van der Waals surface area (Å²) in [5.41, 5.74) is 0. The number of rotatable bonds is 4. The van der Waals surface area contributed by atoms with Crippen LogP contribution in [0.3, 0.4) is 0 Å². The predicted molar refractivity (Wildman–Crippen MR) is 38.3 cm³/mol. The summed E-state index contributed by atoms with van der Waals surface area (Å²) in [6.07, 6.45) is 6.38. The van der Waals surface area contributed by atoms with E-state index < -0.39 is 0 Å². The second kappa shape index (κ2) is 3.21. The minimum Gasteiger partial charge on any atom is -0.393 e. The molecule has 1 aliphatic rings. The lowest BCUT2D eigenvalue weighted by atomic mass is 10.1. The molecule has 1 fully saturated rings. The second-order valence-electron chi connectivity index (χ2n) is 3.22. The van der Waals surface area contributed by atoms with Gasteiger partial charge >= 0.3 is 0 Å². The van der Waals surface area contributed by atoms with E-state index >= 15 is 0 Å². The van der Waals surface area contributed by atoms with E-state index in [4.69, 9.17) is 5.11 Å². The van der Waals surface area contributed by atoms with Crippen LogP contribution in [0.1, 0.15) is 39.0 Å². The van der Waals surface area contributed by atoms with Gasteiger partial charge in [0.05, 0.1) is 6.10 Å². The fraction of sp³-hybridized carbons (Fsp3) is 1.00. The SMILES string of the molecule is C[C@H](O)CCCC1CC1. The smallest absolute Gasteiger partial charge is 0.0512 e. The maximum atomic E-state index is 8.89. The third kappa shape index (κ3) is 3.52. The van der Waals surface area contributed by atoms with Gasteiger partial charge in [-0.3, -0.25) is 0 Å². The van der Waals surface area contributed by atoms with Crippen LogP contribution in [-0.4, -0.2) is 11.2 Å². The molecule has 0 unspecified atom stereocenters. The van der Waals surface area contributed by atoms with Gasteiger partial charge in [0.2, 0.25) is 0 Å². The summed E-state index contributed by atoms with van der Waals surface area (Å²) in [6.45, 7) is 1.87. The number of hydrogen-bond donors (Lipinski definition) is 1. The Morgan fingerprint density at radius 3 is 2.67 bits per heavy atom. The fourth-order valence-corrected chi connectivity index (χ4v) is 1.11. The van der Waals surface area contributed by atoms with Crippen molar-refractivity contribution in [1.82, 2.24) is 0 Å². The number of hydrogen-bond acceptors (Lipinski definition) is 1. The predicted octanol–water partition coefficient (Wildman–Crippen LogP) is 1.95. The number of aliphatic hydroxyl groups is 1. The topological polar surface area (TPSA) is 20.2 Å². The van der Waals surface area contributed by atoms with E-state index in [1.807, 2.05) is 6.92 Å². The molecule has 1 N–H and O–H groups in total. The summed E-state index contributed by atoms with van der Waals surface area (Å²) in [5.74, 6) is 1.03. The molecule has 1 rings (SSSR count). The Morgan fingerprint density at radius 1 is 1.56 bits per heavy atom. The van der Waals surface area contributed by atoms with Crippen molar-refractivity contribution in [2.75, 3.05) is 0 Å². The van der Waals surface area contributed by atoms with Crippen LogP contribution < -0.4 is 0 Å². The highest BCUT2D eigenvalue weighted by Crippen LogP contribution is 2.33. The van der Waals surface area contributed by atoms with Crippen LogP contribution in [0.4, 0.5) is 0 Å². The maximum absolute atomic E-state index is 8.89. The Labute approximate surface area is 57.1 Å². The van der Waals surface area contributed by atoms with Crippen LogP contribution in [0.25, 0.3) is 0 Å². The lowest BCUT2D eigenvalue weighted by Crippen LogP contribution is -1.98. The minimum absolute atomic E-state index is 0.0799. The van der Waals surface area contributed by atoms with Crippen molar-refractivity contribution >= 4 is 0 Å². The molecular formula is C8H16O. The molecule has 0 bridgehead atoms. The summed E-state index contributed by atoms with van der Waals surface area (Å²) in [4.78, 5) is 0. The monoisotopic (exact) mass is 128 g/mol. The molecule has 54 valence electrons. The van der Waals surface area contributed by atoms with Crippen LogP contribution in [0.5, 0.6) is 0 Å². The van der Waals surface area contributed by atoms with Gasteiger partial charge in [0.15, 0.2) is 0 Å². The molecule has 1 saturated carbocycles. The van der Waals surface area contributed by atoms with Crippen molar-refractivity contribution < 1.29 is 5.11 Å². The van der Waals surface area contributed by atoms with Gasteiger partial charge in [0.25, 0.3) is 0 Å². The Bertz CT molecular complexity index is 72.6. The summed E-state index contributed by atoms with van der Waals surface area (Å²) in [7, 11) is 0. The normalized spacial score (nSPS) is 22.0. The first kappa shape index (κ1) is 7.07. The fourth-order valence-electron chi connectivity index (χ4n) is 1.11. The van der Waals surface area contributed by atoms with E-state index in [2.05, 4.69) is 0 Å². The van der Waals surface area contributed by atoms with E-state index in [-0.39, 0.29) is 6.10 Å². The van der Waals surface area contributed by atoms with Crippen molar-refractivity contribution in [3.63, 3.8) is 0 Å². The zero-order valence-electron chi connectivity index (χ0n) is 6.14. The zero-order chi connectivity index (χ0) is 6.69. The molecule has 0 aromatic rings. The van der Waals surface area contributed by atoms with E-state index in [1.54, 1.807) is 0 Å². The Morgan fingerprint density at radius 2 is 2.22 bits per heavy atom. The van der Waals surface area contributed by atoms with Crippen LogP contribution in [0, 0.1) is 5.92 Å². The van der Waals surface area contributed by atoms with Crippen LogP contribution >= 0.6 is 0 Å². The standard InChI is InChI=1S/C8H16O/c1-7(9)3-2-4-8-5-6-8/h7-9H,2-6H2,1H3/t7-/m0/s1. The van der Waals surface area contributed by atoms with Crippen molar-refractivity contribution in [1.29, 1.82) is 0 Å². The van der Waals surface area contributed by atoms with E-state index in [1.165, 1.54) is 25.7 Å². The lowest BCUT2D eigenvalue weighted by Gasteiger charge is -2.01. The summed E-state index contributed by atoms with van der Waals surface area (Å²) in [5, 5.41) is 8.89. The first-order valence-electron chi connectivity index (χ1n) is 3.97. The van der Waals surface area contributed by atoms with Gasteiger partial charge < -0.3 is 5.11 Å². The molecule has 0 spiro atoms. The molecule has 1 heteroatoms. The molecule has 0 aromatic carbocycles. The largest absolute Gasteiger partial charge is 0.393 e. The molecule has 0 radical (unpaired) electrons. The maximum Gasteiger partial charge on any atom is 0.0512 e. The number of aliphatic hydroxyl groups excluding tert-OH is 1. The molecule has 9 heavy (non-hydrogen) atoms. The van der Waals surface area contributed by atoms with Gasteiger partial charge in [0.1, 0.15) is 0 Å². The van der Waals surface area contributed by atoms with Gasteiger partial charge in [-0.1, -0.05) is 25.7 Å². The van der Waals surface area contributed by atoms with Gasteiger partial charge in [0, 0.05) is 0 Å². The average Bonchev–Trinajstić information content (AvgIpc) is 2.48. The van der Waals surface area contributed by atoms with Gasteiger partial charge in [-0.15, -0.1) is 0 Å². The van der Waals surface area contributed by atoms with E-state index in [9.17, 15) is 0 Å². The quantitative estimate of drug-likeness (QED) is 0.613.